The van der Waals surface area contributed by atoms with Gasteiger partial charge < -0.3 is 25.4 Å². The second-order valence-corrected chi connectivity index (χ2v) is 7.21. The Bertz CT molecular complexity index is 1020. The Morgan fingerprint density at radius 3 is 1.82 bits per heavy atom. The lowest BCUT2D eigenvalue weighted by Gasteiger charge is -2.39. The van der Waals surface area contributed by atoms with Gasteiger partial charge in [0.05, 0.1) is 6.61 Å². The van der Waals surface area contributed by atoms with Gasteiger partial charge in [-0.2, -0.15) is 0 Å². The third-order valence-electron chi connectivity index (χ3n) is 5.20. The van der Waals surface area contributed by atoms with Crippen molar-refractivity contribution in [1.29, 1.82) is 0 Å². The molecular formula is C24H25NO8. The molecule has 0 heterocycles. The van der Waals surface area contributed by atoms with E-state index in [1.54, 1.807) is 12.1 Å². The van der Waals surface area contributed by atoms with Crippen LogP contribution in [0.15, 0.2) is 73.3 Å². The molecule has 0 saturated heterocycles. The van der Waals surface area contributed by atoms with Crippen LogP contribution in [-0.4, -0.2) is 69.7 Å². The molecule has 0 amide bonds. The van der Waals surface area contributed by atoms with Gasteiger partial charge in [-0.1, -0.05) is 66.7 Å². The second kappa shape index (κ2) is 10.8. The Morgan fingerprint density at radius 1 is 0.939 bits per heavy atom. The first kappa shape index (κ1) is 25.6. The molecule has 4 N–H and O–H groups in total. The molecule has 2 aromatic rings. The van der Waals surface area contributed by atoms with Crippen LogP contribution in [0.2, 0.25) is 0 Å². The molecule has 9 nitrogen and oxygen atoms in total. The fourth-order valence-corrected chi connectivity index (χ4v) is 3.34. The molecule has 0 radical (unpaired) electrons. The van der Waals surface area contributed by atoms with Crippen LogP contribution >= 0.6 is 0 Å². The summed E-state index contributed by atoms with van der Waals surface area (Å²) in [6.45, 7) is 3.06. The number of aliphatic carboxylic acids is 2. The van der Waals surface area contributed by atoms with Crippen molar-refractivity contribution in [2.45, 2.75) is 23.7 Å². The van der Waals surface area contributed by atoms with Crippen molar-refractivity contribution in [3.8, 4) is 0 Å². The lowest BCUT2D eigenvalue weighted by Crippen LogP contribution is -2.73. The average Bonchev–Trinajstić information content (AvgIpc) is 2.83. The molecule has 33 heavy (non-hydrogen) atoms. The number of carboxylic acid groups (broad SMARTS) is 2. The van der Waals surface area contributed by atoms with Gasteiger partial charge in [-0.05, 0) is 13.5 Å². The summed E-state index contributed by atoms with van der Waals surface area (Å²) in [6.07, 6.45) is 1.77. The average molecular weight is 455 g/mol. The third kappa shape index (κ3) is 4.75. The minimum absolute atomic E-state index is 0.259. The minimum atomic E-state index is -3.79. The first-order valence-electron chi connectivity index (χ1n) is 9.97. The fourth-order valence-electron chi connectivity index (χ4n) is 3.34. The standard InChI is InChI=1S/C24H25NO8/c1-3-10-18(25-2)15-33-24(22(30)31,20(27)17-13-8-5-9-14-17)23(32,21(28)29)19(26)16-11-6-4-7-12-16/h3-9,11-14,18,25,32H,1,10,15H2,2H3,(H,28,29)(H,30,31)/t18-,23?,24?/m1/s1. The van der Waals surface area contributed by atoms with Gasteiger partial charge in [-0.15, -0.1) is 6.58 Å². The number of likely N-dealkylation sites (N-methyl/N-ethyl adjacent to an activating group) is 1. The van der Waals surface area contributed by atoms with E-state index in [9.17, 15) is 34.5 Å². The van der Waals surface area contributed by atoms with Crippen molar-refractivity contribution < 1.29 is 39.2 Å². The zero-order chi connectivity index (χ0) is 24.6. The van der Waals surface area contributed by atoms with Crippen LogP contribution in [0.4, 0.5) is 0 Å². The lowest BCUT2D eigenvalue weighted by molar-refractivity contribution is -0.197. The van der Waals surface area contributed by atoms with E-state index in [0.29, 0.717) is 0 Å². The summed E-state index contributed by atoms with van der Waals surface area (Å²) in [5.41, 5.74) is -7.86. The zero-order valence-corrected chi connectivity index (χ0v) is 17.9. The first-order valence-corrected chi connectivity index (χ1v) is 9.97. The van der Waals surface area contributed by atoms with E-state index in [-0.39, 0.29) is 17.5 Å². The number of hydrogen-bond acceptors (Lipinski definition) is 7. The second-order valence-electron chi connectivity index (χ2n) is 7.21. The van der Waals surface area contributed by atoms with Crippen LogP contribution in [0.1, 0.15) is 27.1 Å². The molecule has 0 saturated carbocycles. The van der Waals surface area contributed by atoms with Crippen LogP contribution in [0, 0.1) is 0 Å². The van der Waals surface area contributed by atoms with Crippen LogP contribution in [0.3, 0.4) is 0 Å². The largest absolute Gasteiger partial charge is 0.479 e. The normalized spacial score (nSPS) is 15.5. The van der Waals surface area contributed by atoms with Crippen LogP contribution in [-0.2, 0) is 14.3 Å². The van der Waals surface area contributed by atoms with Gasteiger partial charge in [-0.25, -0.2) is 9.59 Å². The Balaban J connectivity index is 2.79. The van der Waals surface area contributed by atoms with Crippen molar-refractivity contribution >= 4 is 23.5 Å². The molecule has 2 aromatic carbocycles. The number of benzene rings is 2. The summed E-state index contributed by atoms with van der Waals surface area (Å²) in [5.74, 6) is -7.27. The van der Waals surface area contributed by atoms with Crippen LogP contribution in [0.25, 0.3) is 0 Å². The van der Waals surface area contributed by atoms with Crippen molar-refractivity contribution in [3.05, 3.63) is 84.4 Å². The Morgan fingerprint density at radius 2 is 1.42 bits per heavy atom. The maximum absolute atomic E-state index is 13.5. The summed E-state index contributed by atoms with van der Waals surface area (Å²) in [7, 11) is 1.54. The Hall–Kier alpha value is -3.66. The van der Waals surface area contributed by atoms with Gasteiger partial charge in [0, 0.05) is 17.2 Å². The molecular weight excluding hydrogens is 430 g/mol. The highest BCUT2D eigenvalue weighted by Crippen LogP contribution is 2.35. The highest BCUT2D eigenvalue weighted by molar-refractivity contribution is 6.28. The molecule has 0 aliphatic carbocycles. The maximum Gasteiger partial charge on any atom is 0.348 e. The summed E-state index contributed by atoms with van der Waals surface area (Å²) in [4.78, 5) is 51.8. The smallest absolute Gasteiger partial charge is 0.348 e. The number of carbonyl (C=O) groups excluding carboxylic acids is 2. The maximum atomic E-state index is 13.5. The van der Waals surface area contributed by atoms with E-state index < -0.39 is 47.4 Å². The number of rotatable bonds is 13. The monoisotopic (exact) mass is 455 g/mol. The lowest BCUT2D eigenvalue weighted by atomic mass is 9.72. The van der Waals surface area contributed by atoms with E-state index >= 15 is 0 Å². The number of nitrogens with one attached hydrogen (secondary N) is 1. The zero-order valence-electron chi connectivity index (χ0n) is 17.9. The van der Waals surface area contributed by atoms with E-state index in [1.807, 2.05) is 0 Å². The Labute approximate surface area is 190 Å². The van der Waals surface area contributed by atoms with Gasteiger partial charge in [0.25, 0.3) is 11.2 Å². The molecule has 9 heteroatoms. The number of carbonyl (C=O) groups is 4. The molecule has 0 aromatic heterocycles. The van der Waals surface area contributed by atoms with Gasteiger partial charge in [-0.3, -0.25) is 9.59 Å². The van der Waals surface area contributed by atoms with Gasteiger partial charge in [0.15, 0.2) is 0 Å². The molecule has 0 bridgehead atoms. The van der Waals surface area contributed by atoms with Crippen LogP contribution < -0.4 is 5.32 Å². The first-order chi connectivity index (χ1) is 15.7. The van der Waals surface area contributed by atoms with Crippen molar-refractivity contribution in [1.82, 2.24) is 5.32 Å². The highest BCUT2D eigenvalue weighted by atomic mass is 16.6. The van der Waals surface area contributed by atoms with Gasteiger partial charge >= 0.3 is 11.9 Å². The molecule has 2 unspecified atom stereocenters. The Kier molecular flexibility index (Phi) is 8.36. The molecule has 3 atom stereocenters. The van der Waals surface area contributed by atoms with Gasteiger partial charge in [0.2, 0.25) is 11.6 Å². The molecule has 0 spiro atoms. The van der Waals surface area contributed by atoms with E-state index in [4.69, 9.17) is 4.74 Å². The number of hydrogen-bond donors (Lipinski definition) is 4. The van der Waals surface area contributed by atoms with Crippen molar-refractivity contribution in [2.75, 3.05) is 13.7 Å². The van der Waals surface area contributed by atoms with Crippen molar-refractivity contribution in [2.24, 2.45) is 0 Å². The summed E-state index contributed by atoms with van der Waals surface area (Å²) >= 11 is 0. The molecule has 2 rings (SSSR count). The minimum Gasteiger partial charge on any atom is -0.479 e. The quantitative estimate of drug-likeness (QED) is 0.200. The fraction of sp³-hybridized carbons (Fsp3) is 0.250. The summed E-state index contributed by atoms with van der Waals surface area (Å²) in [5, 5.41) is 34.3. The number of Topliss-reactive ketones (excluding diaryl/α,β-unsaturated/α-hetero) is 2. The topological polar surface area (TPSA) is 150 Å². The van der Waals surface area contributed by atoms with E-state index in [1.165, 1.54) is 61.7 Å². The summed E-state index contributed by atoms with van der Waals surface area (Å²) in [6, 6.07) is 13.0. The summed E-state index contributed by atoms with van der Waals surface area (Å²) < 4.78 is 5.47. The van der Waals surface area contributed by atoms with Crippen molar-refractivity contribution in [3.63, 3.8) is 0 Å². The molecule has 0 aliphatic heterocycles. The predicted octanol–water partition coefficient (Wildman–Crippen LogP) is 1.57. The van der Waals surface area contributed by atoms with E-state index in [0.717, 1.165) is 0 Å². The predicted molar refractivity (Wildman–Crippen MR) is 118 cm³/mol. The molecule has 0 fully saturated rings. The van der Waals surface area contributed by atoms with Crippen LogP contribution in [0.5, 0.6) is 0 Å². The molecule has 174 valence electrons. The number of ketones is 2. The number of aliphatic hydroxyl groups is 1. The third-order valence-corrected chi connectivity index (χ3v) is 5.20. The number of ether oxygens (including phenoxy) is 1. The van der Waals surface area contributed by atoms with E-state index in [2.05, 4.69) is 11.9 Å². The SMILES string of the molecule is C=CC[C@H](COC(C(=O)O)(C(=O)c1ccccc1)C(O)(C(=O)O)C(=O)c1ccccc1)NC. The highest BCUT2D eigenvalue weighted by Gasteiger charge is 2.71. The van der Waals surface area contributed by atoms with Gasteiger partial charge in [0.1, 0.15) is 0 Å². The number of carboxylic acids is 2. The molecule has 0 aliphatic rings.